The van der Waals surface area contributed by atoms with Crippen molar-refractivity contribution < 1.29 is 9.53 Å². The summed E-state index contributed by atoms with van der Waals surface area (Å²) in [5.74, 6) is -0.340. The summed E-state index contributed by atoms with van der Waals surface area (Å²) in [5.41, 5.74) is 0.801. The maximum absolute atomic E-state index is 11.5. The number of thiophene rings is 1. The van der Waals surface area contributed by atoms with Crippen LogP contribution in [0.4, 0.5) is 0 Å². The quantitative estimate of drug-likeness (QED) is 0.729. The third-order valence-corrected chi connectivity index (χ3v) is 3.19. The van der Waals surface area contributed by atoms with Gasteiger partial charge in [0.05, 0.1) is 7.11 Å². The average Bonchev–Trinajstić information content (AvgIpc) is 2.66. The summed E-state index contributed by atoms with van der Waals surface area (Å²) in [6.07, 6.45) is 3.36. The number of carbonyl (C=O) groups is 1. The zero-order valence-electron chi connectivity index (χ0n) is 8.19. The molecule has 3 nitrogen and oxygen atoms in total. The van der Waals surface area contributed by atoms with E-state index >= 15 is 0 Å². The minimum Gasteiger partial charge on any atom is -0.465 e. The van der Waals surface area contributed by atoms with E-state index in [2.05, 4.69) is 11.6 Å². The van der Waals surface area contributed by atoms with Crippen LogP contribution in [0.15, 0.2) is 24.9 Å². The zero-order chi connectivity index (χ0) is 10.8. The molecule has 0 bridgehead atoms. The molecule has 0 aliphatic rings. The molecule has 0 radical (unpaired) electrons. The molecular weight excluding hydrogens is 210 g/mol. The van der Waals surface area contributed by atoms with Gasteiger partial charge in [0.25, 0.3) is 0 Å². The Morgan fingerprint density at radius 1 is 1.67 bits per heavy atom. The van der Waals surface area contributed by atoms with Crippen LogP contribution >= 0.6 is 11.3 Å². The first-order chi connectivity index (χ1) is 7.27. The smallest absolute Gasteiger partial charge is 0.348 e. The van der Waals surface area contributed by atoms with Gasteiger partial charge in [-0.3, -0.25) is 0 Å². The summed E-state index contributed by atoms with van der Waals surface area (Å²) in [6.45, 7) is 3.70. The summed E-state index contributed by atoms with van der Waals surface area (Å²) < 4.78 is 4.70. The Labute approximate surface area is 91.0 Å². The summed E-state index contributed by atoms with van der Waals surface area (Å²) in [7, 11) is 1.37. The van der Waals surface area contributed by atoms with E-state index < -0.39 is 0 Å². The van der Waals surface area contributed by atoms with E-state index in [0.29, 0.717) is 4.88 Å². The summed E-state index contributed by atoms with van der Waals surface area (Å²) >= 11 is 1.32. The lowest BCUT2D eigenvalue weighted by atomic mass is 10.1. The predicted octanol–water partition coefficient (Wildman–Crippen LogP) is 2.73. The summed E-state index contributed by atoms with van der Waals surface area (Å²) in [6, 6.07) is 3.76. The fourth-order valence-corrected chi connectivity index (χ4v) is 2.46. The summed E-state index contributed by atoms with van der Waals surface area (Å²) in [4.78, 5) is 17.0. The van der Waals surface area contributed by atoms with Crippen molar-refractivity contribution in [1.29, 1.82) is 0 Å². The van der Waals surface area contributed by atoms with Crippen LogP contribution < -0.4 is 0 Å². The van der Waals surface area contributed by atoms with Crippen molar-refractivity contribution in [3.05, 3.63) is 35.3 Å². The Bertz CT molecular complexity index is 530. The van der Waals surface area contributed by atoms with Crippen LogP contribution in [0.5, 0.6) is 0 Å². The molecule has 0 amide bonds. The molecule has 0 saturated carbocycles. The Kier molecular flexibility index (Phi) is 2.51. The molecule has 0 spiro atoms. The van der Waals surface area contributed by atoms with Gasteiger partial charge in [-0.15, -0.1) is 11.3 Å². The van der Waals surface area contributed by atoms with Crippen LogP contribution in [0.1, 0.15) is 15.2 Å². The third kappa shape index (κ3) is 1.53. The molecule has 0 saturated heterocycles. The number of ether oxygens (including phenoxy) is 1. The highest BCUT2D eigenvalue weighted by Gasteiger charge is 2.16. The van der Waals surface area contributed by atoms with E-state index in [9.17, 15) is 4.79 Å². The van der Waals surface area contributed by atoms with Gasteiger partial charge in [-0.25, -0.2) is 9.78 Å². The van der Waals surface area contributed by atoms with Gasteiger partial charge < -0.3 is 4.74 Å². The molecule has 76 valence electrons. The van der Waals surface area contributed by atoms with Crippen molar-refractivity contribution in [3.8, 4) is 0 Å². The first kappa shape index (κ1) is 9.86. The van der Waals surface area contributed by atoms with Crippen LogP contribution in [-0.2, 0) is 4.74 Å². The van der Waals surface area contributed by atoms with Crippen LogP contribution in [0.3, 0.4) is 0 Å². The minimum absolute atomic E-state index is 0.340. The number of aromatic nitrogens is 1. The first-order valence-electron chi connectivity index (χ1n) is 4.36. The van der Waals surface area contributed by atoms with E-state index in [-0.39, 0.29) is 5.97 Å². The zero-order valence-corrected chi connectivity index (χ0v) is 9.00. The van der Waals surface area contributed by atoms with Gasteiger partial charge in [0.15, 0.2) is 0 Å². The Morgan fingerprint density at radius 2 is 2.47 bits per heavy atom. The van der Waals surface area contributed by atoms with Crippen molar-refractivity contribution in [2.75, 3.05) is 7.11 Å². The lowest BCUT2D eigenvalue weighted by molar-refractivity contribution is 0.0606. The van der Waals surface area contributed by atoms with Gasteiger partial charge in [0.1, 0.15) is 9.71 Å². The topological polar surface area (TPSA) is 39.2 Å². The molecule has 0 aliphatic carbocycles. The molecule has 2 rings (SSSR count). The maximum atomic E-state index is 11.5. The number of esters is 1. The summed E-state index contributed by atoms with van der Waals surface area (Å²) in [5, 5.41) is 0.943. The van der Waals surface area contributed by atoms with Crippen molar-refractivity contribution >= 4 is 33.6 Å². The Hall–Kier alpha value is -1.68. The molecule has 2 aromatic rings. The van der Waals surface area contributed by atoms with E-state index in [1.807, 2.05) is 12.1 Å². The van der Waals surface area contributed by atoms with E-state index in [1.165, 1.54) is 18.4 Å². The molecule has 2 aromatic heterocycles. The average molecular weight is 219 g/mol. The number of methoxy groups -OCH3 is 1. The van der Waals surface area contributed by atoms with Crippen LogP contribution in [0.25, 0.3) is 16.3 Å². The highest BCUT2D eigenvalue weighted by atomic mass is 32.1. The molecule has 0 N–H and O–H groups in total. The second-order valence-electron chi connectivity index (χ2n) is 2.90. The fraction of sp³-hybridized carbons (Fsp3) is 0.0909. The number of hydrogen-bond acceptors (Lipinski definition) is 4. The Morgan fingerprint density at radius 3 is 3.13 bits per heavy atom. The first-order valence-corrected chi connectivity index (χ1v) is 5.18. The maximum Gasteiger partial charge on any atom is 0.348 e. The van der Waals surface area contributed by atoms with Crippen LogP contribution in [0.2, 0.25) is 0 Å². The number of hydrogen-bond donors (Lipinski definition) is 0. The lowest BCUT2D eigenvalue weighted by Gasteiger charge is -1.96. The van der Waals surface area contributed by atoms with Crippen LogP contribution in [0, 0.1) is 0 Å². The lowest BCUT2D eigenvalue weighted by Crippen LogP contribution is -1.99. The van der Waals surface area contributed by atoms with Crippen molar-refractivity contribution in [1.82, 2.24) is 4.98 Å². The number of pyridine rings is 1. The van der Waals surface area contributed by atoms with Gasteiger partial charge in [-0.2, -0.15) is 0 Å². The molecule has 0 aromatic carbocycles. The monoisotopic (exact) mass is 219 g/mol. The number of carbonyl (C=O) groups excluding carboxylic acids is 1. The van der Waals surface area contributed by atoms with Gasteiger partial charge in [0.2, 0.25) is 0 Å². The number of nitrogens with zero attached hydrogens (tertiary/aromatic N) is 1. The van der Waals surface area contributed by atoms with Gasteiger partial charge in [0, 0.05) is 17.1 Å². The molecular formula is C11H9NO2S. The van der Waals surface area contributed by atoms with Crippen molar-refractivity contribution in [2.24, 2.45) is 0 Å². The molecule has 15 heavy (non-hydrogen) atoms. The number of fused-ring (bicyclic) bond motifs is 1. The Balaban J connectivity index is 2.74. The largest absolute Gasteiger partial charge is 0.465 e. The van der Waals surface area contributed by atoms with E-state index in [4.69, 9.17) is 4.74 Å². The standard InChI is InChI=1S/C11H9NO2S/c1-3-7-8-5-4-6-12-10(8)15-9(7)11(13)14-2/h3-6H,1H2,2H3. The van der Waals surface area contributed by atoms with Gasteiger partial charge in [-0.1, -0.05) is 12.7 Å². The molecule has 0 unspecified atom stereocenters. The van der Waals surface area contributed by atoms with Crippen molar-refractivity contribution in [2.45, 2.75) is 0 Å². The van der Waals surface area contributed by atoms with Gasteiger partial charge in [-0.05, 0) is 12.1 Å². The fourth-order valence-electron chi connectivity index (χ4n) is 1.40. The minimum atomic E-state index is -0.340. The second-order valence-corrected chi connectivity index (χ2v) is 3.90. The van der Waals surface area contributed by atoms with Crippen LogP contribution in [-0.4, -0.2) is 18.1 Å². The molecule has 2 heterocycles. The van der Waals surface area contributed by atoms with Gasteiger partial charge >= 0.3 is 5.97 Å². The van der Waals surface area contributed by atoms with E-state index in [0.717, 1.165) is 15.8 Å². The van der Waals surface area contributed by atoms with E-state index in [1.54, 1.807) is 12.3 Å². The molecule has 0 atom stereocenters. The van der Waals surface area contributed by atoms with Crippen molar-refractivity contribution in [3.63, 3.8) is 0 Å². The third-order valence-electron chi connectivity index (χ3n) is 2.08. The molecule has 0 fully saturated rings. The number of rotatable bonds is 2. The highest BCUT2D eigenvalue weighted by Crippen LogP contribution is 2.30. The second kappa shape index (κ2) is 3.82. The highest BCUT2D eigenvalue weighted by molar-refractivity contribution is 7.20. The molecule has 4 heteroatoms. The SMILES string of the molecule is C=Cc1c(C(=O)OC)sc2ncccc12. The normalized spacial score (nSPS) is 10.2. The predicted molar refractivity (Wildman–Crippen MR) is 61.1 cm³/mol. The molecule has 0 aliphatic heterocycles.